The lowest BCUT2D eigenvalue weighted by Crippen LogP contribution is -2.57. The van der Waals surface area contributed by atoms with Gasteiger partial charge in [0, 0.05) is 19.3 Å². The number of amides is 2. The number of carbonyl (C=O) groups excluding carboxylic acids is 1. The highest BCUT2D eigenvalue weighted by Gasteiger charge is 2.38. The number of urea groups is 1. The second kappa shape index (κ2) is 6.21. The van der Waals surface area contributed by atoms with Crippen molar-refractivity contribution < 1.29 is 23.1 Å². The first-order valence-corrected chi connectivity index (χ1v) is 8.83. The zero-order chi connectivity index (χ0) is 16.4. The van der Waals surface area contributed by atoms with Gasteiger partial charge in [-0.15, -0.1) is 0 Å². The van der Waals surface area contributed by atoms with Crippen LogP contribution in [-0.4, -0.2) is 60.6 Å². The molecule has 122 valence electrons. The van der Waals surface area contributed by atoms with Gasteiger partial charge in [0.15, 0.2) is 9.84 Å². The topological polar surface area (TPSA) is 104 Å². The van der Waals surface area contributed by atoms with Crippen LogP contribution in [0.5, 0.6) is 0 Å². The number of hydrogen-bond donors (Lipinski definition) is 2. The molecule has 0 spiro atoms. The average Bonchev–Trinajstić information content (AvgIpc) is 2.33. The molecule has 1 fully saturated rings. The van der Waals surface area contributed by atoms with Crippen molar-refractivity contribution in [1.29, 1.82) is 0 Å². The number of carbonyl (C=O) groups is 2. The van der Waals surface area contributed by atoms with Crippen LogP contribution in [0.15, 0.2) is 0 Å². The molecule has 2 unspecified atom stereocenters. The standard InChI is InChI=1S/C13H24N2O5S/c1-9-6-5-7-15(10(9)11(16)17)12(18)14-8-13(2,3)21(4,19)20/h9-10H,5-8H2,1-4H3,(H,14,18)(H,16,17). The van der Waals surface area contributed by atoms with Crippen molar-refractivity contribution in [2.24, 2.45) is 5.92 Å². The van der Waals surface area contributed by atoms with E-state index in [2.05, 4.69) is 5.32 Å². The largest absolute Gasteiger partial charge is 0.480 e. The molecule has 1 aliphatic heterocycles. The highest BCUT2D eigenvalue weighted by Crippen LogP contribution is 2.23. The molecule has 7 nitrogen and oxygen atoms in total. The minimum atomic E-state index is -3.32. The summed E-state index contributed by atoms with van der Waals surface area (Å²) in [6, 6.07) is -1.38. The van der Waals surface area contributed by atoms with Crippen LogP contribution in [0.2, 0.25) is 0 Å². The molecule has 2 atom stereocenters. The third-order valence-electron chi connectivity index (χ3n) is 4.12. The molecule has 0 aromatic rings. The Morgan fingerprint density at radius 2 is 1.95 bits per heavy atom. The maximum absolute atomic E-state index is 12.2. The van der Waals surface area contributed by atoms with Gasteiger partial charge in [0.2, 0.25) is 0 Å². The van der Waals surface area contributed by atoms with Crippen molar-refractivity contribution in [3.63, 3.8) is 0 Å². The molecule has 21 heavy (non-hydrogen) atoms. The average molecular weight is 320 g/mol. The molecule has 2 N–H and O–H groups in total. The molecule has 1 aliphatic rings. The van der Waals surface area contributed by atoms with Crippen molar-refractivity contribution in [2.45, 2.75) is 44.4 Å². The molecular weight excluding hydrogens is 296 g/mol. The summed E-state index contributed by atoms with van der Waals surface area (Å²) in [5.41, 5.74) is 0. The van der Waals surface area contributed by atoms with Crippen LogP contribution < -0.4 is 5.32 Å². The third kappa shape index (κ3) is 4.09. The van der Waals surface area contributed by atoms with Gasteiger partial charge in [-0.25, -0.2) is 18.0 Å². The van der Waals surface area contributed by atoms with Crippen molar-refractivity contribution >= 4 is 21.8 Å². The molecule has 0 bridgehead atoms. The Labute approximate surface area is 125 Å². The van der Waals surface area contributed by atoms with E-state index < -0.39 is 32.6 Å². The van der Waals surface area contributed by atoms with Gasteiger partial charge >= 0.3 is 12.0 Å². The van der Waals surface area contributed by atoms with Crippen LogP contribution >= 0.6 is 0 Å². The Hall–Kier alpha value is -1.31. The zero-order valence-corrected chi connectivity index (χ0v) is 13.7. The number of piperidine rings is 1. The second-order valence-corrected chi connectivity index (χ2v) is 8.94. The lowest BCUT2D eigenvalue weighted by Gasteiger charge is -2.37. The van der Waals surface area contributed by atoms with E-state index >= 15 is 0 Å². The Morgan fingerprint density at radius 1 is 1.38 bits per heavy atom. The fraction of sp³-hybridized carbons (Fsp3) is 0.846. The quantitative estimate of drug-likeness (QED) is 0.793. The Bertz CT molecular complexity index is 515. The number of likely N-dealkylation sites (tertiary alicyclic amines) is 1. The van der Waals surface area contributed by atoms with Gasteiger partial charge < -0.3 is 15.3 Å². The SMILES string of the molecule is CC1CCCN(C(=O)NCC(C)(C)S(C)(=O)=O)C1C(=O)O. The fourth-order valence-corrected chi connectivity index (χ4v) is 2.65. The molecule has 0 saturated carbocycles. The van der Waals surface area contributed by atoms with Crippen molar-refractivity contribution in [3.05, 3.63) is 0 Å². The molecule has 0 radical (unpaired) electrons. The molecule has 0 aromatic heterocycles. The lowest BCUT2D eigenvalue weighted by molar-refractivity contribution is -0.145. The normalized spacial score (nSPS) is 23.7. The monoisotopic (exact) mass is 320 g/mol. The molecule has 1 rings (SSSR count). The summed E-state index contributed by atoms with van der Waals surface area (Å²) in [7, 11) is -3.32. The van der Waals surface area contributed by atoms with Crippen LogP contribution in [0.4, 0.5) is 4.79 Å². The molecule has 1 heterocycles. The summed E-state index contributed by atoms with van der Waals surface area (Å²) in [6.45, 7) is 5.17. The fourth-order valence-electron chi connectivity index (χ4n) is 2.31. The summed E-state index contributed by atoms with van der Waals surface area (Å²) in [4.78, 5) is 24.8. The Balaban J connectivity index is 2.77. The van der Waals surface area contributed by atoms with Gasteiger partial charge in [-0.05, 0) is 32.6 Å². The summed E-state index contributed by atoms with van der Waals surface area (Å²) in [5, 5.41) is 11.8. The predicted octanol–water partition coefficient (Wildman–Crippen LogP) is 0.704. The van der Waals surface area contributed by atoms with Gasteiger partial charge in [-0.1, -0.05) is 6.92 Å². The number of rotatable bonds is 4. The highest BCUT2D eigenvalue weighted by atomic mass is 32.2. The first-order valence-electron chi connectivity index (χ1n) is 6.94. The van der Waals surface area contributed by atoms with Crippen LogP contribution in [0, 0.1) is 5.92 Å². The maximum Gasteiger partial charge on any atom is 0.326 e. The minimum absolute atomic E-state index is 0.0537. The van der Waals surface area contributed by atoms with Gasteiger partial charge in [-0.2, -0.15) is 0 Å². The van der Waals surface area contributed by atoms with E-state index in [0.717, 1.165) is 19.1 Å². The van der Waals surface area contributed by atoms with Crippen LogP contribution in [-0.2, 0) is 14.6 Å². The number of nitrogens with one attached hydrogen (secondary N) is 1. The van der Waals surface area contributed by atoms with Crippen molar-refractivity contribution in [3.8, 4) is 0 Å². The summed E-state index contributed by atoms with van der Waals surface area (Å²) in [6.07, 6.45) is 2.62. The first-order chi connectivity index (χ1) is 9.47. The Morgan fingerprint density at radius 3 is 2.43 bits per heavy atom. The molecule has 0 aromatic carbocycles. The van der Waals surface area contributed by atoms with E-state index in [1.165, 1.54) is 18.7 Å². The lowest BCUT2D eigenvalue weighted by atomic mass is 9.91. The predicted molar refractivity (Wildman–Crippen MR) is 78.8 cm³/mol. The smallest absolute Gasteiger partial charge is 0.326 e. The summed E-state index contributed by atoms with van der Waals surface area (Å²) < 4.78 is 22.1. The van der Waals surface area contributed by atoms with E-state index in [4.69, 9.17) is 0 Å². The van der Waals surface area contributed by atoms with Crippen LogP contribution in [0.3, 0.4) is 0 Å². The van der Waals surface area contributed by atoms with E-state index in [1.807, 2.05) is 0 Å². The van der Waals surface area contributed by atoms with E-state index in [-0.39, 0.29) is 12.5 Å². The zero-order valence-electron chi connectivity index (χ0n) is 12.9. The van der Waals surface area contributed by atoms with Gasteiger partial charge in [0.05, 0.1) is 4.75 Å². The number of nitrogens with zero attached hydrogens (tertiary/aromatic N) is 1. The van der Waals surface area contributed by atoms with Gasteiger partial charge in [-0.3, -0.25) is 0 Å². The van der Waals surface area contributed by atoms with Crippen molar-refractivity contribution in [2.75, 3.05) is 19.3 Å². The number of aliphatic carboxylic acids is 1. The summed E-state index contributed by atoms with van der Waals surface area (Å²) >= 11 is 0. The molecule has 8 heteroatoms. The van der Waals surface area contributed by atoms with E-state index in [0.29, 0.717) is 6.54 Å². The molecule has 2 amide bonds. The second-order valence-electron chi connectivity index (χ2n) is 6.29. The molecular formula is C13H24N2O5S. The minimum Gasteiger partial charge on any atom is -0.480 e. The molecule has 1 saturated heterocycles. The van der Waals surface area contributed by atoms with Gasteiger partial charge in [0.1, 0.15) is 6.04 Å². The number of sulfone groups is 1. The number of hydrogen-bond acceptors (Lipinski definition) is 4. The van der Waals surface area contributed by atoms with Gasteiger partial charge in [0.25, 0.3) is 0 Å². The number of carboxylic acid groups (broad SMARTS) is 1. The summed E-state index contributed by atoms with van der Waals surface area (Å²) in [5.74, 6) is -1.15. The van der Waals surface area contributed by atoms with Crippen LogP contribution in [0.25, 0.3) is 0 Å². The van der Waals surface area contributed by atoms with Crippen LogP contribution in [0.1, 0.15) is 33.6 Å². The third-order valence-corrected chi connectivity index (χ3v) is 6.27. The molecule has 0 aliphatic carbocycles. The highest BCUT2D eigenvalue weighted by molar-refractivity contribution is 7.92. The van der Waals surface area contributed by atoms with E-state index in [9.17, 15) is 23.1 Å². The Kier molecular flexibility index (Phi) is 5.25. The number of carboxylic acids is 1. The maximum atomic E-state index is 12.2. The van der Waals surface area contributed by atoms with Crippen molar-refractivity contribution in [1.82, 2.24) is 10.2 Å². The first kappa shape index (κ1) is 17.7. The van der Waals surface area contributed by atoms with E-state index in [1.54, 1.807) is 6.92 Å².